The van der Waals surface area contributed by atoms with Gasteiger partial charge in [0.25, 0.3) is 0 Å². The van der Waals surface area contributed by atoms with Gasteiger partial charge in [0.2, 0.25) is 0 Å². The monoisotopic (exact) mass is 272 g/mol. The lowest BCUT2D eigenvalue weighted by Crippen LogP contribution is -1.98. The van der Waals surface area contributed by atoms with Crippen LogP contribution in [0.3, 0.4) is 0 Å². The first-order chi connectivity index (χ1) is 9.76. The number of hydrogen-bond donors (Lipinski definition) is 0. The van der Waals surface area contributed by atoms with Gasteiger partial charge in [-0.1, -0.05) is 12.1 Å². The molecule has 0 aromatic heterocycles. The van der Waals surface area contributed by atoms with Crippen LogP contribution < -0.4 is 9.47 Å². The van der Waals surface area contributed by atoms with E-state index in [1.165, 1.54) is 37.1 Å². The van der Waals surface area contributed by atoms with Crippen LogP contribution in [0.25, 0.3) is 0 Å². The minimum absolute atomic E-state index is 0.256. The molecule has 0 amide bonds. The predicted molar refractivity (Wildman–Crippen MR) is 75.8 cm³/mol. The van der Waals surface area contributed by atoms with Crippen molar-refractivity contribution < 1.29 is 13.9 Å². The summed E-state index contributed by atoms with van der Waals surface area (Å²) in [6, 6.07) is 11.1. The Labute approximate surface area is 118 Å². The molecule has 0 unspecified atom stereocenters. The molecule has 0 heterocycles. The lowest BCUT2D eigenvalue weighted by atomic mass is 10.1. The Balaban J connectivity index is 1.69. The van der Waals surface area contributed by atoms with Crippen LogP contribution in [0.15, 0.2) is 36.4 Å². The van der Waals surface area contributed by atoms with Crippen LogP contribution in [0.5, 0.6) is 11.5 Å². The van der Waals surface area contributed by atoms with Crippen LogP contribution >= 0.6 is 0 Å². The van der Waals surface area contributed by atoms with E-state index in [-0.39, 0.29) is 11.6 Å². The smallest absolute Gasteiger partial charge is 0.165 e. The van der Waals surface area contributed by atoms with E-state index in [1.807, 2.05) is 12.1 Å². The molecule has 2 nitrogen and oxygen atoms in total. The van der Waals surface area contributed by atoms with Crippen LogP contribution in [0.2, 0.25) is 0 Å². The van der Waals surface area contributed by atoms with Gasteiger partial charge >= 0.3 is 0 Å². The third-order valence-corrected chi connectivity index (χ3v) is 3.69. The van der Waals surface area contributed by atoms with Crippen molar-refractivity contribution in [2.24, 2.45) is 0 Å². The second kappa shape index (κ2) is 5.53. The first kappa shape index (κ1) is 13.0. The highest BCUT2D eigenvalue weighted by Gasteiger charge is 2.11. The molecule has 2 aromatic carbocycles. The van der Waals surface area contributed by atoms with Crippen molar-refractivity contribution >= 4 is 0 Å². The molecule has 20 heavy (non-hydrogen) atoms. The lowest BCUT2D eigenvalue weighted by Gasteiger charge is -2.09. The van der Waals surface area contributed by atoms with E-state index in [0.717, 1.165) is 17.7 Å². The van der Waals surface area contributed by atoms with E-state index in [1.54, 1.807) is 6.07 Å². The molecule has 2 aromatic rings. The maximum absolute atomic E-state index is 13.6. The molecule has 0 saturated carbocycles. The van der Waals surface area contributed by atoms with Gasteiger partial charge in [0.05, 0.1) is 7.11 Å². The molecule has 1 aliphatic carbocycles. The molecule has 0 N–H and O–H groups in total. The van der Waals surface area contributed by atoms with Crippen molar-refractivity contribution in [1.82, 2.24) is 0 Å². The fourth-order valence-corrected chi connectivity index (χ4v) is 2.60. The summed E-state index contributed by atoms with van der Waals surface area (Å²) in [4.78, 5) is 0. The number of fused-ring (bicyclic) bond motifs is 1. The number of halogens is 1. The van der Waals surface area contributed by atoms with Crippen molar-refractivity contribution in [1.29, 1.82) is 0 Å². The number of ether oxygens (including phenoxy) is 2. The van der Waals surface area contributed by atoms with Crippen molar-refractivity contribution in [2.75, 3.05) is 7.11 Å². The highest BCUT2D eigenvalue weighted by molar-refractivity contribution is 5.38. The van der Waals surface area contributed by atoms with E-state index >= 15 is 0 Å². The molecule has 3 heteroatoms. The number of aryl methyl sites for hydroxylation is 2. The zero-order valence-electron chi connectivity index (χ0n) is 11.5. The Hall–Kier alpha value is -2.03. The maximum atomic E-state index is 13.6. The van der Waals surface area contributed by atoms with E-state index in [9.17, 15) is 4.39 Å². The predicted octanol–water partition coefficient (Wildman–Crippen LogP) is 3.90. The van der Waals surface area contributed by atoms with Gasteiger partial charge in [-0.05, 0) is 60.2 Å². The standard InChI is InChI=1S/C17H17FO2/c1-19-17-8-5-12(9-16(17)18)11-20-15-7-6-13-3-2-4-14(13)10-15/h5-10H,2-4,11H2,1H3. The summed E-state index contributed by atoms with van der Waals surface area (Å²) in [7, 11) is 1.46. The molecule has 1 aliphatic rings. The van der Waals surface area contributed by atoms with E-state index in [0.29, 0.717) is 6.61 Å². The van der Waals surface area contributed by atoms with Crippen molar-refractivity contribution in [3.05, 3.63) is 58.9 Å². The van der Waals surface area contributed by atoms with Gasteiger partial charge in [0, 0.05) is 0 Å². The summed E-state index contributed by atoms with van der Waals surface area (Å²) < 4.78 is 24.2. The van der Waals surface area contributed by atoms with E-state index in [4.69, 9.17) is 9.47 Å². The van der Waals surface area contributed by atoms with E-state index in [2.05, 4.69) is 12.1 Å². The van der Waals surface area contributed by atoms with Gasteiger partial charge in [-0.25, -0.2) is 4.39 Å². The fraction of sp³-hybridized carbons (Fsp3) is 0.294. The molecule has 0 spiro atoms. The topological polar surface area (TPSA) is 18.5 Å². The van der Waals surface area contributed by atoms with Crippen molar-refractivity contribution in [2.45, 2.75) is 25.9 Å². The molecule has 0 atom stereocenters. The fourth-order valence-electron chi connectivity index (χ4n) is 2.60. The van der Waals surface area contributed by atoms with Gasteiger partial charge in [0.1, 0.15) is 12.4 Å². The van der Waals surface area contributed by atoms with Gasteiger partial charge in [-0.2, -0.15) is 0 Å². The number of rotatable bonds is 4. The zero-order chi connectivity index (χ0) is 13.9. The summed E-state index contributed by atoms with van der Waals surface area (Å²) in [6.45, 7) is 0.361. The molecule has 0 fully saturated rings. The first-order valence-corrected chi connectivity index (χ1v) is 6.83. The second-order valence-corrected chi connectivity index (χ2v) is 5.04. The Kier molecular flexibility index (Phi) is 3.59. The Bertz CT molecular complexity index is 622. The summed E-state index contributed by atoms with van der Waals surface area (Å²) >= 11 is 0. The van der Waals surface area contributed by atoms with Gasteiger partial charge in [0.15, 0.2) is 11.6 Å². The van der Waals surface area contributed by atoms with Crippen LogP contribution in [0.4, 0.5) is 4.39 Å². The summed E-state index contributed by atoms with van der Waals surface area (Å²) in [5.74, 6) is 0.746. The molecule has 3 rings (SSSR count). The Morgan fingerprint density at radius 1 is 1.05 bits per heavy atom. The SMILES string of the molecule is COc1ccc(COc2ccc3c(c2)CCC3)cc1F. The third kappa shape index (κ3) is 2.62. The van der Waals surface area contributed by atoms with Crippen LogP contribution in [-0.4, -0.2) is 7.11 Å². The summed E-state index contributed by atoms with van der Waals surface area (Å²) in [5.41, 5.74) is 3.60. The minimum atomic E-state index is -0.359. The molecule has 0 radical (unpaired) electrons. The number of benzene rings is 2. The van der Waals surface area contributed by atoms with Gasteiger partial charge in [-0.15, -0.1) is 0 Å². The summed E-state index contributed by atoms with van der Waals surface area (Å²) in [5, 5.41) is 0. The van der Waals surface area contributed by atoms with E-state index < -0.39 is 0 Å². The summed E-state index contributed by atoms with van der Waals surface area (Å²) in [6.07, 6.45) is 3.52. The largest absolute Gasteiger partial charge is 0.494 e. The minimum Gasteiger partial charge on any atom is -0.494 e. The van der Waals surface area contributed by atoms with Crippen molar-refractivity contribution in [3.8, 4) is 11.5 Å². The van der Waals surface area contributed by atoms with Gasteiger partial charge < -0.3 is 9.47 Å². The van der Waals surface area contributed by atoms with Crippen LogP contribution in [-0.2, 0) is 19.4 Å². The quantitative estimate of drug-likeness (QED) is 0.840. The molecule has 0 aliphatic heterocycles. The number of methoxy groups -OCH3 is 1. The highest BCUT2D eigenvalue weighted by Crippen LogP contribution is 2.26. The molecular formula is C17H17FO2. The first-order valence-electron chi connectivity index (χ1n) is 6.83. The molecular weight excluding hydrogens is 255 g/mol. The van der Waals surface area contributed by atoms with Crippen molar-refractivity contribution in [3.63, 3.8) is 0 Å². The molecule has 0 saturated heterocycles. The molecule has 0 bridgehead atoms. The Morgan fingerprint density at radius 2 is 1.90 bits per heavy atom. The molecule has 104 valence electrons. The second-order valence-electron chi connectivity index (χ2n) is 5.04. The average Bonchev–Trinajstić information content (AvgIpc) is 2.92. The van der Waals surface area contributed by atoms with Gasteiger partial charge in [-0.3, -0.25) is 0 Å². The lowest BCUT2D eigenvalue weighted by molar-refractivity contribution is 0.304. The third-order valence-electron chi connectivity index (χ3n) is 3.69. The maximum Gasteiger partial charge on any atom is 0.165 e. The highest BCUT2D eigenvalue weighted by atomic mass is 19.1. The Morgan fingerprint density at radius 3 is 2.70 bits per heavy atom. The van der Waals surface area contributed by atoms with Crippen LogP contribution in [0, 0.1) is 5.82 Å². The normalized spacial score (nSPS) is 13.1. The van der Waals surface area contributed by atoms with Crippen LogP contribution in [0.1, 0.15) is 23.1 Å². The average molecular weight is 272 g/mol. The number of hydrogen-bond acceptors (Lipinski definition) is 2. The zero-order valence-corrected chi connectivity index (χ0v) is 11.5.